The highest BCUT2D eigenvalue weighted by atomic mass is 35.5. The van der Waals surface area contributed by atoms with Gasteiger partial charge in [-0.2, -0.15) is 0 Å². The first-order chi connectivity index (χ1) is 5.79. The third kappa shape index (κ3) is 1.55. The van der Waals surface area contributed by atoms with E-state index in [4.69, 9.17) is 11.6 Å². The quantitative estimate of drug-likeness (QED) is 0.664. The van der Waals surface area contributed by atoms with Gasteiger partial charge in [-0.25, -0.2) is 14.4 Å². The molecule has 0 atom stereocenters. The van der Waals surface area contributed by atoms with Gasteiger partial charge in [-0.15, -0.1) is 0 Å². The molecule has 0 radical (unpaired) electrons. The minimum absolute atomic E-state index is 0.347. The summed E-state index contributed by atoms with van der Waals surface area (Å²) in [5.41, 5.74) is 0.386. The number of hydrogen-bond donors (Lipinski definition) is 0. The van der Waals surface area contributed by atoms with Crippen LogP contribution in [-0.4, -0.2) is 9.97 Å². The molecule has 1 fully saturated rings. The summed E-state index contributed by atoms with van der Waals surface area (Å²) in [6, 6.07) is 1.47. The van der Waals surface area contributed by atoms with Gasteiger partial charge in [-0.1, -0.05) is 11.6 Å². The Kier molecular flexibility index (Phi) is 1.97. The van der Waals surface area contributed by atoms with Gasteiger partial charge in [-0.05, 0) is 18.9 Å². The van der Waals surface area contributed by atoms with Crippen molar-refractivity contribution in [1.82, 2.24) is 9.97 Å². The van der Waals surface area contributed by atoms with Crippen LogP contribution in [0.15, 0.2) is 6.07 Å². The Hall–Kier alpha value is -0.700. The third-order valence-electron chi connectivity index (χ3n) is 1.84. The van der Waals surface area contributed by atoms with E-state index >= 15 is 0 Å². The molecule has 2 rings (SSSR count). The summed E-state index contributed by atoms with van der Waals surface area (Å²) in [6.07, 6.45) is 2.21. The molecule has 0 amide bonds. The predicted octanol–water partition coefficient (Wildman–Crippen LogP) is 2.48. The predicted molar refractivity (Wildman–Crippen MR) is 43.8 cm³/mol. The minimum Gasteiger partial charge on any atom is -0.244 e. The van der Waals surface area contributed by atoms with Crippen molar-refractivity contribution in [3.8, 4) is 0 Å². The maximum atomic E-state index is 12.2. The summed E-state index contributed by atoms with van der Waals surface area (Å²) in [5, 5.41) is 0.347. The standard InChI is InChI=1S/C8H8ClFN2/c9-7-3-6(4-10)11-8(12-7)5-1-2-5/h3,5H,1-2,4H2. The highest BCUT2D eigenvalue weighted by Crippen LogP contribution is 2.38. The van der Waals surface area contributed by atoms with Gasteiger partial charge in [0.1, 0.15) is 17.7 Å². The van der Waals surface area contributed by atoms with Gasteiger partial charge in [0.05, 0.1) is 5.69 Å². The van der Waals surface area contributed by atoms with Crippen molar-refractivity contribution >= 4 is 11.6 Å². The van der Waals surface area contributed by atoms with Crippen LogP contribution in [-0.2, 0) is 6.67 Å². The molecule has 1 heterocycles. The lowest BCUT2D eigenvalue weighted by atomic mass is 10.3. The first-order valence-corrected chi connectivity index (χ1v) is 4.26. The van der Waals surface area contributed by atoms with E-state index in [0.717, 1.165) is 12.8 Å². The zero-order valence-corrected chi connectivity index (χ0v) is 7.18. The molecule has 64 valence electrons. The molecule has 4 heteroatoms. The van der Waals surface area contributed by atoms with E-state index in [1.165, 1.54) is 6.07 Å². The highest BCUT2D eigenvalue weighted by molar-refractivity contribution is 6.29. The molecule has 1 aliphatic rings. The molecule has 1 saturated carbocycles. The molecule has 1 aromatic rings. The van der Waals surface area contributed by atoms with Crippen LogP contribution in [0.4, 0.5) is 4.39 Å². The Morgan fingerprint density at radius 2 is 2.25 bits per heavy atom. The van der Waals surface area contributed by atoms with Crippen molar-refractivity contribution in [3.63, 3.8) is 0 Å². The van der Waals surface area contributed by atoms with E-state index in [1.807, 2.05) is 0 Å². The molecule has 1 aliphatic carbocycles. The average Bonchev–Trinajstić information content (AvgIpc) is 2.85. The van der Waals surface area contributed by atoms with E-state index in [2.05, 4.69) is 9.97 Å². The molecule has 0 N–H and O–H groups in total. The first-order valence-electron chi connectivity index (χ1n) is 3.89. The lowest BCUT2D eigenvalue weighted by Crippen LogP contribution is -1.96. The van der Waals surface area contributed by atoms with Crippen LogP contribution < -0.4 is 0 Å². The van der Waals surface area contributed by atoms with Crippen LogP contribution in [0.25, 0.3) is 0 Å². The van der Waals surface area contributed by atoms with E-state index in [9.17, 15) is 4.39 Å². The maximum Gasteiger partial charge on any atom is 0.133 e. The smallest absolute Gasteiger partial charge is 0.133 e. The summed E-state index contributed by atoms with van der Waals surface area (Å²) >= 11 is 5.68. The van der Waals surface area contributed by atoms with Gasteiger partial charge in [0, 0.05) is 5.92 Å². The van der Waals surface area contributed by atoms with Crippen LogP contribution in [0.3, 0.4) is 0 Å². The molecule has 1 aromatic heterocycles. The van der Waals surface area contributed by atoms with Crippen LogP contribution in [0, 0.1) is 0 Å². The monoisotopic (exact) mass is 186 g/mol. The van der Waals surface area contributed by atoms with Crippen LogP contribution >= 0.6 is 11.6 Å². The van der Waals surface area contributed by atoms with Crippen molar-refractivity contribution in [2.24, 2.45) is 0 Å². The normalized spacial score (nSPS) is 16.5. The topological polar surface area (TPSA) is 25.8 Å². The Labute approximate surface area is 74.8 Å². The zero-order chi connectivity index (χ0) is 8.55. The van der Waals surface area contributed by atoms with Gasteiger partial charge in [0.25, 0.3) is 0 Å². The lowest BCUT2D eigenvalue weighted by molar-refractivity contribution is 0.474. The average molecular weight is 187 g/mol. The number of alkyl halides is 1. The SMILES string of the molecule is FCc1cc(Cl)nc(C2CC2)n1. The van der Waals surface area contributed by atoms with Crippen molar-refractivity contribution < 1.29 is 4.39 Å². The number of rotatable bonds is 2. The fourth-order valence-electron chi connectivity index (χ4n) is 1.08. The van der Waals surface area contributed by atoms with Crippen LogP contribution in [0.5, 0.6) is 0 Å². The number of hydrogen-bond acceptors (Lipinski definition) is 2. The summed E-state index contributed by atoms with van der Waals surface area (Å²) in [5.74, 6) is 1.13. The van der Waals surface area contributed by atoms with E-state index < -0.39 is 6.67 Å². The molecule has 0 aromatic carbocycles. The molecule has 12 heavy (non-hydrogen) atoms. The van der Waals surface area contributed by atoms with Gasteiger partial charge < -0.3 is 0 Å². The second kappa shape index (κ2) is 2.98. The first kappa shape index (κ1) is 7.92. The fraction of sp³-hybridized carbons (Fsp3) is 0.500. The molecular formula is C8H8ClFN2. The highest BCUT2D eigenvalue weighted by Gasteiger charge is 2.27. The van der Waals surface area contributed by atoms with E-state index in [0.29, 0.717) is 22.6 Å². The Morgan fingerprint density at radius 1 is 1.50 bits per heavy atom. The van der Waals surface area contributed by atoms with Crippen molar-refractivity contribution in [1.29, 1.82) is 0 Å². The van der Waals surface area contributed by atoms with Gasteiger partial charge in [0.2, 0.25) is 0 Å². The van der Waals surface area contributed by atoms with E-state index in [-0.39, 0.29) is 0 Å². The molecule has 2 nitrogen and oxygen atoms in total. The summed E-state index contributed by atoms with van der Waals surface area (Å²) in [7, 11) is 0. The second-order valence-corrected chi connectivity index (χ2v) is 3.34. The van der Waals surface area contributed by atoms with Crippen molar-refractivity contribution in [3.05, 3.63) is 22.7 Å². The van der Waals surface area contributed by atoms with Crippen LogP contribution in [0.1, 0.15) is 30.3 Å². The lowest BCUT2D eigenvalue weighted by Gasteiger charge is -1.99. The van der Waals surface area contributed by atoms with Gasteiger partial charge >= 0.3 is 0 Å². The molecule has 0 saturated heterocycles. The van der Waals surface area contributed by atoms with Crippen molar-refractivity contribution in [2.45, 2.75) is 25.4 Å². The minimum atomic E-state index is -0.568. The Bertz CT molecular complexity index is 299. The number of nitrogens with zero attached hydrogens (tertiary/aromatic N) is 2. The molecule has 0 spiro atoms. The maximum absolute atomic E-state index is 12.2. The molecular weight excluding hydrogens is 179 g/mol. The number of aromatic nitrogens is 2. The fourth-order valence-corrected chi connectivity index (χ4v) is 1.29. The van der Waals surface area contributed by atoms with Gasteiger partial charge in [-0.3, -0.25) is 0 Å². The second-order valence-electron chi connectivity index (χ2n) is 2.95. The van der Waals surface area contributed by atoms with Gasteiger partial charge in [0.15, 0.2) is 0 Å². The zero-order valence-electron chi connectivity index (χ0n) is 6.43. The molecule has 0 unspecified atom stereocenters. The summed E-state index contributed by atoms with van der Waals surface area (Å²) in [4.78, 5) is 8.07. The molecule has 0 aliphatic heterocycles. The summed E-state index contributed by atoms with van der Waals surface area (Å²) in [6.45, 7) is -0.568. The third-order valence-corrected chi connectivity index (χ3v) is 2.04. The summed E-state index contributed by atoms with van der Waals surface area (Å²) < 4.78 is 12.2. The Balaban J connectivity index is 2.34. The molecule has 0 bridgehead atoms. The van der Waals surface area contributed by atoms with Crippen LogP contribution in [0.2, 0.25) is 5.15 Å². The Morgan fingerprint density at radius 3 is 2.83 bits per heavy atom. The largest absolute Gasteiger partial charge is 0.244 e. The van der Waals surface area contributed by atoms with Crippen molar-refractivity contribution in [2.75, 3.05) is 0 Å². The van der Waals surface area contributed by atoms with E-state index in [1.54, 1.807) is 0 Å². The number of halogens is 2.